The van der Waals surface area contributed by atoms with Gasteiger partial charge in [-0.2, -0.15) is 10.2 Å². The van der Waals surface area contributed by atoms with Gasteiger partial charge in [-0.1, -0.05) is 44.9 Å². The molecule has 1 aromatic rings. The fraction of sp³-hybridized carbons (Fsp3) is 0.609. The molecule has 0 radical (unpaired) electrons. The van der Waals surface area contributed by atoms with Crippen molar-refractivity contribution in [1.29, 1.82) is 0 Å². The van der Waals surface area contributed by atoms with Gasteiger partial charge in [-0.3, -0.25) is 14.1 Å². The van der Waals surface area contributed by atoms with Crippen molar-refractivity contribution >= 4 is 25.8 Å². The highest BCUT2D eigenvalue weighted by molar-refractivity contribution is 7.52. The Bertz CT molecular complexity index is 1010. The van der Waals surface area contributed by atoms with Crippen molar-refractivity contribution in [3.63, 3.8) is 0 Å². The van der Waals surface area contributed by atoms with E-state index in [4.69, 9.17) is 18.5 Å². The fourth-order valence-electron chi connectivity index (χ4n) is 3.72. The molecule has 14 nitrogen and oxygen atoms in total. The van der Waals surface area contributed by atoms with Gasteiger partial charge in [-0.25, -0.2) is 9.57 Å². The van der Waals surface area contributed by atoms with Gasteiger partial charge < -0.3 is 34.6 Å². The van der Waals surface area contributed by atoms with Crippen LogP contribution in [0.2, 0.25) is 0 Å². The van der Waals surface area contributed by atoms with Crippen LogP contribution in [0.5, 0.6) is 5.75 Å². The Morgan fingerprint density at radius 3 is 2.53 bits per heavy atom. The van der Waals surface area contributed by atoms with Crippen molar-refractivity contribution in [1.82, 2.24) is 15.4 Å². The molecule has 2 heterocycles. The average molecular weight is 559 g/mol. The molecule has 2 aliphatic heterocycles. The minimum atomic E-state index is -4.26. The van der Waals surface area contributed by atoms with Crippen LogP contribution in [0, 0.1) is 5.92 Å². The van der Waals surface area contributed by atoms with Crippen LogP contribution in [-0.2, 0) is 28.2 Å². The van der Waals surface area contributed by atoms with Crippen LogP contribution in [0.25, 0.3) is 0 Å². The van der Waals surface area contributed by atoms with E-state index in [1.165, 1.54) is 6.92 Å². The van der Waals surface area contributed by atoms with E-state index in [-0.39, 0.29) is 18.3 Å². The molecule has 0 aliphatic carbocycles. The van der Waals surface area contributed by atoms with Crippen LogP contribution in [0.4, 0.5) is 0 Å². The van der Waals surface area contributed by atoms with Crippen LogP contribution >= 0.6 is 7.75 Å². The smallest absolute Gasteiger partial charge is 0.459 e. The molecule has 5 N–H and O–H groups in total. The van der Waals surface area contributed by atoms with Gasteiger partial charge in [-0.15, -0.1) is 0 Å². The quantitative estimate of drug-likeness (QED) is 0.165. The lowest BCUT2D eigenvalue weighted by molar-refractivity contribution is -0.169. The zero-order valence-electron chi connectivity index (χ0n) is 21.4. The molecule has 2 aliphatic rings. The standard InChI is InChI=1S/C23H35N4O10P/c1-4-15(5-2)12-34-22(31)14(3)26-38(33,37-16-9-7-6-8-10-16)35-13-17-19(29)20(30)21(36-17)27-23(32)25-18(28)11-24-27/h6-11,14-15,17,19-21,23,29-30,32H,4-5,12-13H2,1-3H3,(H,25,28)(H,26,33)/t14-,17+,19-,20-,21+,23?,38?/m0/s1. The summed E-state index contributed by atoms with van der Waals surface area (Å²) in [4.78, 5) is 23.9. The number of carbonyl (C=O) groups excluding carboxylic acids is 2. The van der Waals surface area contributed by atoms with E-state index in [1.807, 2.05) is 13.8 Å². The normalized spacial score (nSPS) is 27.6. The summed E-state index contributed by atoms with van der Waals surface area (Å²) in [6.45, 7) is 5.12. The highest BCUT2D eigenvalue weighted by atomic mass is 31.2. The second-order valence-electron chi connectivity index (χ2n) is 8.91. The fourth-order valence-corrected chi connectivity index (χ4v) is 5.23. The summed E-state index contributed by atoms with van der Waals surface area (Å²) in [6, 6.07) is 7.04. The maximum atomic E-state index is 13.7. The van der Waals surface area contributed by atoms with E-state index in [0.717, 1.165) is 24.1 Å². The Hall–Kier alpha value is -2.58. The molecular formula is C23H35N4O10P. The SMILES string of the molecule is CCC(CC)COC(=O)[C@H](C)NP(=O)(OC[C@H]1O[C@@H](N2N=CC(=O)NC2O)[C@@H](O)[C@H]1O)Oc1ccccc1. The van der Waals surface area contributed by atoms with Gasteiger partial charge in [0.2, 0.25) is 6.35 Å². The third-order valence-corrected chi connectivity index (χ3v) is 7.77. The van der Waals surface area contributed by atoms with Gasteiger partial charge in [-0.05, 0) is 25.0 Å². The zero-order valence-corrected chi connectivity index (χ0v) is 22.3. The molecule has 0 bridgehead atoms. The number of carbonyl (C=O) groups is 2. The van der Waals surface area contributed by atoms with Crippen molar-refractivity contribution in [2.24, 2.45) is 11.0 Å². The number of hydrogen-bond acceptors (Lipinski definition) is 12. The van der Waals surface area contributed by atoms with E-state index in [1.54, 1.807) is 30.3 Å². The molecular weight excluding hydrogens is 523 g/mol. The number of nitrogens with zero attached hydrogens (tertiary/aromatic N) is 2. The van der Waals surface area contributed by atoms with Crippen molar-refractivity contribution in [2.75, 3.05) is 13.2 Å². The molecule has 1 fully saturated rings. The van der Waals surface area contributed by atoms with Crippen LogP contribution in [0.15, 0.2) is 35.4 Å². The van der Waals surface area contributed by atoms with Crippen molar-refractivity contribution in [3.8, 4) is 5.75 Å². The molecule has 1 saturated heterocycles. The maximum absolute atomic E-state index is 13.7. The Labute approximate surface area is 220 Å². The second-order valence-corrected chi connectivity index (χ2v) is 10.6. The predicted molar refractivity (Wildman–Crippen MR) is 133 cm³/mol. The molecule has 7 atom stereocenters. The summed E-state index contributed by atoms with van der Waals surface area (Å²) in [6.07, 6.45) is -4.75. The van der Waals surface area contributed by atoms with E-state index in [9.17, 15) is 29.5 Å². The van der Waals surface area contributed by atoms with Crippen LogP contribution in [-0.4, -0.2) is 88.6 Å². The largest absolute Gasteiger partial charge is 0.464 e. The highest BCUT2D eigenvalue weighted by Crippen LogP contribution is 2.45. The third kappa shape index (κ3) is 7.73. The number of hydrogen-bond donors (Lipinski definition) is 5. The molecule has 1 amide bonds. The lowest BCUT2D eigenvalue weighted by Crippen LogP contribution is -2.56. The number of rotatable bonds is 13. The van der Waals surface area contributed by atoms with Crippen LogP contribution < -0.4 is 14.9 Å². The molecule has 0 spiro atoms. The van der Waals surface area contributed by atoms with Gasteiger partial charge in [0.05, 0.1) is 13.2 Å². The summed E-state index contributed by atoms with van der Waals surface area (Å²) in [5.41, 5.74) is 0. The summed E-state index contributed by atoms with van der Waals surface area (Å²) in [7, 11) is -4.26. The van der Waals surface area contributed by atoms with Gasteiger partial charge in [0.1, 0.15) is 36.3 Å². The first-order valence-corrected chi connectivity index (χ1v) is 13.9. The van der Waals surface area contributed by atoms with Gasteiger partial charge in [0, 0.05) is 0 Å². The van der Waals surface area contributed by atoms with Crippen LogP contribution in [0.1, 0.15) is 33.6 Å². The van der Waals surface area contributed by atoms with Gasteiger partial charge in [0.25, 0.3) is 5.91 Å². The number of esters is 1. The summed E-state index contributed by atoms with van der Waals surface area (Å²) in [5.74, 6) is -0.914. The monoisotopic (exact) mass is 558 g/mol. The van der Waals surface area contributed by atoms with Crippen LogP contribution in [0.3, 0.4) is 0 Å². The molecule has 0 aromatic heterocycles. The Balaban J connectivity index is 1.68. The number of para-hydroxylation sites is 1. The number of benzene rings is 1. The zero-order chi connectivity index (χ0) is 27.9. The minimum Gasteiger partial charge on any atom is -0.464 e. The lowest BCUT2D eigenvalue weighted by Gasteiger charge is -2.33. The Morgan fingerprint density at radius 1 is 1.21 bits per heavy atom. The number of nitrogens with one attached hydrogen (secondary N) is 2. The molecule has 1 aromatic carbocycles. The summed E-state index contributed by atoms with van der Waals surface area (Å²) >= 11 is 0. The van der Waals surface area contributed by atoms with Crippen molar-refractivity contribution in [3.05, 3.63) is 30.3 Å². The van der Waals surface area contributed by atoms with E-state index < -0.39 is 63.2 Å². The predicted octanol–water partition coefficient (Wildman–Crippen LogP) is 0.288. The van der Waals surface area contributed by atoms with Gasteiger partial charge in [0.15, 0.2) is 6.23 Å². The molecule has 3 rings (SSSR count). The molecule has 212 valence electrons. The number of aliphatic hydroxyl groups excluding tert-OH is 3. The van der Waals surface area contributed by atoms with E-state index in [0.29, 0.717) is 0 Å². The average Bonchev–Trinajstić information content (AvgIpc) is 3.17. The second kappa shape index (κ2) is 13.5. The van der Waals surface area contributed by atoms with E-state index >= 15 is 0 Å². The third-order valence-electron chi connectivity index (χ3n) is 6.13. The minimum absolute atomic E-state index is 0.188. The first-order chi connectivity index (χ1) is 18.1. The van der Waals surface area contributed by atoms with Crippen molar-refractivity contribution in [2.45, 2.75) is 70.5 Å². The summed E-state index contributed by atoms with van der Waals surface area (Å²) < 4.78 is 35.7. The molecule has 15 heteroatoms. The molecule has 38 heavy (non-hydrogen) atoms. The molecule has 0 saturated carbocycles. The number of aliphatic hydroxyl groups is 3. The Morgan fingerprint density at radius 2 is 1.89 bits per heavy atom. The van der Waals surface area contributed by atoms with E-state index in [2.05, 4.69) is 15.5 Å². The van der Waals surface area contributed by atoms with Crippen molar-refractivity contribution < 1.29 is 48.0 Å². The highest BCUT2D eigenvalue weighted by Gasteiger charge is 2.49. The number of amides is 1. The molecule has 2 unspecified atom stereocenters. The van der Waals surface area contributed by atoms with Gasteiger partial charge >= 0.3 is 13.7 Å². The maximum Gasteiger partial charge on any atom is 0.459 e. The number of ether oxygens (including phenoxy) is 2. The first kappa shape index (κ1) is 30.0. The lowest BCUT2D eigenvalue weighted by atomic mass is 10.1. The summed E-state index contributed by atoms with van der Waals surface area (Å²) in [5, 5.41) is 40.3. The topological polar surface area (TPSA) is 188 Å². The number of hydrazone groups is 1. The first-order valence-electron chi connectivity index (χ1n) is 12.3. The Kier molecular flexibility index (Phi) is 10.6.